The fourth-order valence-electron chi connectivity index (χ4n) is 1.65. The van der Waals surface area contributed by atoms with Gasteiger partial charge in [-0.05, 0) is 13.0 Å². The van der Waals surface area contributed by atoms with E-state index in [0.717, 1.165) is 6.07 Å². The SMILES string of the molecule is CCOC(=O)Cc1cc(C(F)F)c(OC)c(CN)n1. The number of methoxy groups -OCH3 is 1. The summed E-state index contributed by atoms with van der Waals surface area (Å²) in [6.45, 7) is 1.83. The van der Waals surface area contributed by atoms with Gasteiger partial charge in [-0.15, -0.1) is 0 Å². The molecule has 2 N–H and O–H groups in total. The number of esters is 1. The molecule has 0 saturated carbocycles. The molecule has 5 nitrogen and oxygen atoms in total. The number of ether oxygens (including phenoxy) is 2. The number of rotatable bonds is 6. The molecule has 0 radical (unpaired) electrons. The number of alkyl halides is 2. The van der Waals surface area contributed by atoms with Gasteiger partial charge < -0.3 is 15.2 Å². The van der Waals surface area contributed by atoms with Crippen molar-refractivity contribution in [2.75, 3.05) is 13.7 Å². The molecule has 0 aliphatic heterocycles. The maximum absolute atomic E-state index is 12.9. The molecule has 0 aliphatic rings. The number of aromatic nitrogens is 1. The third-order valence-electron chi connectivity index (χ3n) is 2.39. The number of pyridine rings is 1. The van der Waals surface area contributed by atoms with Crippen LogP contribution in [0.5, 0.6) is 5.75 Å². The quantitative estimate of drug-likeness (QED) is 0.797. The molecule has 7 heteroatoms. The van der Waals surface area contributed by atoms with Crippen molar-refractivity contribution in [1.29, 1.82) is 0 Å². The molecule has 0 aliphatic carbocycles. The van der Waals surface area contributed by atoms with E-state index in [1.54, 1.807) is 6.92 Å². The van der Waals surface area contributed by atoms with Crippen LogP contribution in [0.25, 0.3) is 0 Å². The molecule has 1 aromatic heterocycles. The Morgan fingerprint density at radius 2 is 2.21 bits per heavy atom. The van der Waals surface area contributed by atoms with Crippen molar-refractivity contribution in [1.82, 2.24) is 4.98 Å². The first kappa shape index (κ1) is 15.3. The summed E-state index contributed by atoms with van der Waals surface area (Å²) in [5.41, 5.74) is 5.51. The van der Waals surface area contributed by atoms with Crippen molar-refractivity contribution in [3.63, 3.8) is 0 Å². The second-order valence-corrected chi connectivity index (χ2v) is 3.67. The zero-order valence-corrected chi connectivity index (χ0v) is 10.8. The Morgan fingerprint density at radius 3 is 2.68 bits per heavy atom. The number of halogens is 2. The fraction of sp³-hybridized carbons (Fsp3) is 0.500. The Morgan fingerprint density at radius 1 is 1.53 bits per heavy atom. The largest absolute Gasteiger partial charge is 0.494 e. The minimum absolute atomic E-state index is 0.0369. The third kappa shape index (κ3) is 3.85. The van der Waals surface area contributed by atoms with E-state index in [2.05, 4.69) is 4.98 Å². The molecule has 0 atom stereocenters. The fourth-order valence-corrected chi connectivity index (χ4v) is 1.65. The van der Waals surface area contributed by atoms with Crippen LogP contribution in [0.4, 0.5) is 8.78 Å². The lowest BCUT2D eigenvalue weighted by Gasteiger charge is -2.13. The lowest BCUT2D eigenvalue weighted by Crippen LogP contribution is -2.13. The van der Waals surface area contributed by atoms with Gasteiger partial charge in [-0.25, -0.2) is 8.78 Å². The Kier molecular flexibility index (Phi) is 5.62. The normalized spacial score (nSPS) is 10.6. The zero-order valence-electron chi connectivity index (χ0n) is 10.8. The number of carbonyl (C=O) groups is 1. The highest BCUT2D eigenvalue weighted by Gasteiger charge is 2.20. The van der Waals surface area contributed by atoms with Gasteiger partial charge in [0.1, 0.15) is 0 Å². The summed E-state index contributed by atoms with van der Waals surface area (Å²) in [5.74, 6) is -0.562. The maximum Gasteiger partial charge on any atom is 0.311 e. The number of nitrogens with two attached hydrogens (primary N) is 1. The smallest absolute Gasteiger partial charge is 0.311 e. The number of nitrogens with zero attached hydrogens (tertiary/aromatic N) is 1. The second-order valence-electron chi connectivity index (χ2n) is 3.67. The lowest BCUT2D eigenvalue weighted by molar-refractivity contribution is -0.142. The van der Waals surface area contributed by atoms with Crippen molar-refractivity contribution in [3.05, 3.63) is 23.0 Å². The van der Waals surface area contributed by atoms with E-state index >= 15 is 0 Å². The minimum atomic E-state index is -2.73. The Labute approximate surface area is 109 Å². The topological polar surface area (TPSA) is 74.4 Å². The molecule has 1 aromatic rings. The number of hydrogen-bond donors (Lipinski definition) is 1. The molecule has 0 amide bonds. The highest BCUT2D eigenvalue weighted by molar-refractivity contribution is 5.72. The molecule has 0 aromatic carbocycles. The van der Waals surface area contributed by atoms with Crippen LogP contribution in [0.2, 0.25) is 0 Å². The summed E-state index contributed by atoms with van der Waals surface area (Å²) in [6, 6.07) is 1.14. The van der Waals surface area contributed by atoms with Gasteiger partial charge in [0.25, 0.3) is 6.43 Å². The van der Waals surface area contributed by atoms with Gasteiger partial charge in [0, 0.05) is 6.54 Å². The van der Waals surface area contributed by atoms with E-state index in [4.69, 9.17) is 15.2 Å². The van der Waals surface area contributed by atoms with Gasteiger partial charge in [-0.1, -0.05) is 0 Å². The molecule has 0 spiro atoms. The van der Waals surface area contributed by atoms with Crippen LogP contribution in [0.15, 0.2) is 6.07 Å². The molecule has 0 fully saturated rings. The van der Waals surface area contributed by atoms with E-state index in [1.165, 1.54) is 7.11 Å². The van der Waals surface area contributed by atoms with Gasteiger partial charge in [-0.2, -0.15) is 0 Å². The van der Waals surface area contributed by atoms with Crippen molar-refractivity contribution in [2.45, 2.75) is 26.3 Å². The molecule has 0 saturated heterocycles. The van der Waals surface area contributed by atoms with E-state index < -0.39 is 12.4 Å². The molecule has 0 unspecified atom stereocenters. The van der Waals surface area contributed by atoms with Crippen molar-refractivity contribution in [2.24, 2.45) is 5.73 Å². The highest BCUT2D eigenvalue weighted by Crippen LogP contribution is 2.31. The number of carbonyl (C=O) groups excluding carboxylic acids is 1. The Balaban J connectivity index is 3.13. The Bertz CT molecular complexity index is 453. The Hall–Kier alpha value is -1.76. The monoisotopic (exact) mass is 274 g/mol. The van der Waals surface area contributed by atoms with Gasteiger partial charge in [0.15, 0.2) is 5.75 Å². The first-order chi connectivity index (χ1) is 9.03. The summed E-state index contributed by atoms with van der Waals surface area (Å²) in [4.78, 5) is 15.4. The third-order valence-corrected chi connectivity index (χ3v) is 2.39. The molecular weight excluding hydrogens is 258 g/mol. The first-order valence-corrected chi connectivity index (χ1v) is 5.73. The zero-order chi connectivity index (χ0) is 14.4. The van der Waals surface area contributed by atoms with Gasteiger partial charge in [0.2, 0.25) is 0 Å². The molecular formula is C12H16F2N2O3. The van der Waals surface area contributed by atoms with Crippen molar-refractivity contribution < 1.29 is 23.0 Å². The molecule has 106 valence electrons. The van der Waals surface area contributed by atoms with Crippen LogP contribution in [0.3, 0.4) is 0 Å². The number of hydrogen-bond acceptors (Lipinski definition) is 5. The van der Waals surface area contributed by atoms with Gasteiger partial charge in [-0.3, -0.25) is 9.78 Å². The van der Waals surface area contributed by atoms with Gasteiger partial charge in [0.05, 0.1) is 37.1 Å². The predicted octanol–water partition coefficient (Wildman–Crippen LogP) is 1.59. The second kappa shape index (κ2) is 6.98. The molecule has 19 heavy (non-hydrogen) atoms. The average molecular weight is 274 g/mol. The summed E-state index contributed by atoms with van der Waals surface area (Å²) < 4.78 is 35.5. The van der Waals surface area contributed by atoms with E-state index in [-0.39, 0.29) is 42.3 Å². The van der Waals surface area contributed by atoms with Crippen LogP contribution >= 0.6 is 0 Å². The van der Waals surface area contributed by atoms with Crippen LogP contribution in [-0.2, 0) is 22.5 Å². The summed E-state index contributed by atoms with van der Waals surface area (Å²) in [5, 5.41) is 0. The summed E-state index contributed by atoms with van der Waals surface area (Å²) >= 11 is 0. The van der Waals surface area contributed by atoms with Crippen molar-refractivity contribution in [3.8, 4) is 5.75 Å². The van der Waals surface area contributed by atoms with Crippen LogP contribution in [0.1, 0.15) is 30.3 Å². The molecule has 1 rings (SSSR count). The highest BCUT2D eigenvalue weighted by atomic mass is 19.3. The van der Waals surface area contributed by atoms with E-state index in [9.17, 15) is 13.6 Å². The molecule has 1 heterocycles. The standard InChI is InChI=1S/C12H16F2N2O3/c1-3-19-10(17)5-7-4-8(12(13)14)11(18-2)9(6-15)16-7/h4,12H,3,5-6,15H2,1-2H3. The summed E-state index contributed by atoms with van der Waals surface area (Å²) in [6.07, 6.45) is -2.91. The summed E-state index contributed by atoms with van der Waals surface area (Å²) in [7, 11) is 1.27. The van der Waals surface area contributed by atoms with Crippen LogP contribution < -0.4 is 10.5 Å². The maximum atomic E-state index is 12.9. The molecule has 0 bridgehead atoms. The predicted molar refractivity (Wildman–Crippen MR) is 64.0 cm³/mol. The average Bonchev–Trinajstić information content (AvgIpc) is 2.37. The van der Waals surface area contributed by atoms with Crippen LogP contribution in [-0.4, -0.2) is 24.7 Å². The lowest BCUT2D eigenvalue weighted by atomic mass is 10.1. The van der Waals surface area contributed by atoms with Crippen molar-refractivity contribution >= 4 is 5.97 Å². The van der Waals surface area contributed by atoms with E-state index in [0.29, 0.717) is 0 Å². The minimum Gasteiger partial charge on any atom is -0.494 e. The first-order valence-electron chi connectivity index (χ1n) is 5.73. The van der Waals surface area contributed by atoms with Gasteiger partial charge >= 0.3 is 5.97 Å². The van der Waals surface area contributed by atoms with Crippen LogP contribution in [0, 0.1) is 0 Å². The van der Waals surface area contributed by atoms with E-state index in [1.807, 2.05) is 0 Å².